The Hall–Kier alpha value is -0.530. The summed E-state index contributed by atoms with van der Waals surface area (Å²) in [5.41, 5.74) is 0. The molecule has 1 aliphatic carbocycles. The Kier molecular flexibility index (Phi) is 3.12. The van der Waals surface area contributed by atoms with Gasteiger partial charge in [0.2, 0.25) is 0 Å². The van der Waals surface area contributed by atoms with Crippen LogP contribution in [0, 0.1) is 11.8 Å². The first-order valence-electron chi connectivity index (χ1n) is 4.75. The Morgan fingerprint density at radius 3 is 2.08 bits per heavy atom. The molecule has 2 unspecified atom stereocenters. The maximum Gasteiger partial charge on any atom is 0.302 e. The molecule has 1 fully saturated rings. The van der Waals surface area contributed by atoms with E-state index < -0.39 is 0 Å². The van der Waals surface area contributed by atoms with Gasteiger partial charge in [0.25, 0.3) is 0 Å². The normalized spacial score (nSPS) is 36.1. The van der Waals surface area contributed by atoms with E-state index in [1.807, 2.05) is 0 Å². The lowest BCUT2D eigenvalue weighted by Gasteiger charge is -2.30. The molecule has 1 saturated carbocycles. The lowest BCUT2D eigenvalue weighted by molar-refractivity contribution is -0.149. The number of esters is 1. The van der Waals surface area contributed by atoms with Crippen LogP contribution in [0.3, 0.4) is 0 Å². The van der Waals surface area contributed by atoms with Crippen molar-refractivity contribution in [3.63, 3.8) is 0 Å². The molecule has 2 atom stereocenters. The van der Waals surface area contributed by atoms with Crippen LogP contribution in [0.25, 0.3) is 0 Å². The lowest BCUT2D eigenvalue weighted by Crippen LogP contribution is -2.27. The predicted molar refractivity (Wildman–Crippen MR) is 47.7 cm³/mol. The van der Waals surface area contributed by atoms with Crippen molar-refractivity contribution in [2.45, 2.75) is 46.1 Å². The van der Waals surface area contributed by atoms with Gasteiger partial charge in [0.15, 0.2) is 0 Å². The van der Waals surface area contributed by atoms with Crippen LogP contribution in [0.2, 0.25) is 0 Å². The summed E-state index contributed by atoms with van der Waals surface area (Å²) in [6.45, 7) is 5.95. The summed E-state index contributed by atoms with van der Waals surface area (Å²) in [4.78, 5) is 10.7. The topological polar surface area (TPSA) is 26.3 Å². The molecule has 2 heteroatoms. The van der Waals surface area contributed by atoms with E-state index in [4.69, 9.17) is 4.74 Å². The molecular formula is C10H18O2. The van der Waals surface area contributed by atoms with Gasteiger partial charge >= 0.3 is 5.97 Å². The van der Waals surface area contributed by atoms with Gasteiger partial charge in [-0.05, 0) is 31.1 Å². The van der Waals surface area contributed by atoms with Crippen LogP contribution in [0.4, 0.5) is 0 Å². The van der Waals surface area contributed by atoms with Gasteiger partial charge in [-0.25, -0.2) is 0 Å². The summed E-state index contributed by atoms with van der Waals surface area (Å²) in [6.07, 6.45) is 3.55. The summed E-state index contributed by atoms with van der Waals surface area (Å²) in [5.74, 6) is 1.28. The van der Waals surface area contributed by atoms with E-state index in [0.717, 1.165) is 12.8 Å². The van der Waals surface area contributed by atoms with Crippen molar-refractivity contribution in [1.82, 2.24) is 0 Å². The molecule has 70 valence electrons. The van der Waals surface area contributed by atoms with Crippen molar-refractivity contribution in [3.05, 3.63) is 0 Å². The zero-order chi connectivity index (χ0) is 9.14. The van der Waals surface area contributed by atoms with E-state index in [9.17, 15) is 4.79 Å². The van der Waals surface area contributed by atoms with Gasteiger partial charge < -0.3 is 4.74 Å². The fourth-order valence-electron chi connectivity index (χ4n) is 2.20. The summed E-state index contributed by atoms with van der Waals surface area (Å²) in [6, 6.07) is 0. The number of ether oxygens (including phenoxy) is 1. The van der Waals surface area contributed by atoms with Crippen LogP contribution < -0.4 is 0 Å². The van der Waals surface area contributed by atoms with Crippen molar-refractivity contribution < 1.29 is 9.53 Å². The summed E-state index contributed by atoms with van der Waals surface area (Å²) in [7, 11) is 0. The number of rotatable bonds is 1. The van der Waals surface area contributed by atoms with Crippen LogP contribution >= 0.6 is 0 Å². The molecule has 0 bridgehead atoms. The first-order chi connectivity index (χ1) is 5.58. The van der Waals surface area contributed by atoms with Gasteiger partial charge in [-0.3, -0.25) is 4.79 Å². The van der Waals surface area contributed by atoms with Crippen molar-refractivity contribution in [3.8, 4) is 0 Å². The second-order valence-corrected chi connectivity index (χ2v) is 4.15. The third-order valence-electron chi connectivity index (χ3n) is 2.47. The van der Waals surface area contributed by atoms with Crippen molar-refractivity contribution in [1.29, 1.82) is 0 Å². The summed E-state index contributed by atoms with van der Waals surface area (Å²) >= 11 is 0. The zero-order valence-corrected chi connectivity index (χ0v) is 8.17. The molecule has 1 rings (SSSR count). The molecule has 0 radical (unpaired) electrons. The number of hydrogen-bond acceptors (Lipinski definition) is 2. The molecule has 2 nitrogen and oxygen atoms in total. The van der Waals surface area contributed by atoms with E-state index in [1.165, 1.54) is 13.3 Å². The van der Waals surface area contributed by atoms with E-state index in [0.29, 0.717) is 11.8 Å². The highest BCUT2D eigenvalue weighted by Crippen LogP contribution is 2.30. The molecule has 0 aromatic rings. The highest BCUT2D eigenvalue weighted by molar-refractivity contribution is 5.66. The molecular weight excluding hydrogens is 152 g/mol. The molecule has 0 N–H and O–H groups in total. The Balaban J connectivity index is 2.38. The first kappa shape index (κ1) is 9.56. The van der Waals surface area contributed by atoms with E-state index in [2.05, 4.69) is 13.8 Å². The van der Waals surface area contributed by atoms with Crippen LogP contribution in [0.5, 0.6) is 0 Å². The quantitative estimate of drug-likeness (QED) is 0.565. The van der Waals surface area contributed by atoms with Crippen LogP contribution in [0.1, 0.15) is 40.0 Å². The first-order valence-corrected chi connectivity index (χ1v) is 4.75. The lowest BCUT2D eigenvalue weighted by atomic mass is 9.82. The second-order valence-electron chi connectivity index (χ2n) is 4.15. The Morgan fingerprint density at radius 2 is 1.67 bits per heavy atom. The average molecular weight is 170 g/mol. The predicted octanol–water partition coefficient (Wildman–Crippen LogP) is 2.37. The van der Waals surface area contributed by atoms with Gasteiger partial charge in [-0.2, -0.15) is 0 Å². The molecule has 0 saturated heterocycles. The van der Waals surface area contributed by atoms with Crippen LogP contribution in [-0.4, -0.2) is 12.1 Å². The summed E-state index contributed by atoms with van der Waals surface area (Å²) in [5, 5.41) is 0. The molecule has 12 heavy (non-hydrogen) atoms. The smallest absolute Gasteiger partial charge is 0.302 e. The molecule has 1 aliphatic rings. The highest BCUT2D eigenvalue weighted by atomic mass is 16.5. The minimum absolute atomic E-state index is 0.138. The highest BCUT2D eigenvalue weighted by Gasteiger charge is 2.25. The fraction of sp³-hybridized carbons (Fsp3) is 0.900. The molecule has 0 heterocycles. The molecule has 0 aliphatic heterocycles. The maximum absolute atomic E-state index is 10.7. The van der Waals surface area contributed by atoms with Crippen molar-refractivity contribution >= 4 is 5.97 Å². The molecule has 0 spiro atoms. The SMILES string of the molecule is CC(=O)OC1CC(C)CC(C)C1. The van der Waals surface area contributed by atoms with E-state index in [-0.39, 0.29) is 12.1 Å². The standard InChI is InChI=1S/C10H18O2/c1-7-4-8(2)6-10(5-7)12-9(3)11/h7-8,10H,4-6H2,1-3H3. The Bertz CT molecular complexity index is 155. The van der Waals surface area contributed by atoms with E-state index in [1.54, 1.807) is 0 Å². The van der Waals surface area contributed by atoms with E-state index >= 15 is 0 Å². The monoisotopic (exact) mass is 170 g/mol. The van der Waals surface area contributed by atoms with Gasteiger partial charge in [0, 0.05) is 6.92 Å². The Labute approximate surface area is 74.3 Å². The second kappa shape index (κ2) is 3.92. The molecule has 0 amide bonds. The fourth-order valence-corrected chi connectivity index (χ4v) is 2.20. The van der Waals surface area contributed by atoms with Gasteiger partial charge in [0.1, 0.15) is 6.10 Å². The van der Waals surface area contributed by atoms with Crippen LogP contribution in [-0.2, 0) is 9.53 Å². The Morgan fingerprint density at radius 1 is 1.17 bits per heavy atom. The van der Waals surface area contributed by atoms with Gasteiger partial charge in [0.05, 0.1) is 0 Å². The third-order valence-corrected chi connectivity index (χ3v) is 2.47. The number of carbonyl (C=O) groups excluding carboxylic acids is 1. The summed E-state index contributed by atoms with van der Waals surface area (Å²) < 4.78 is 5.19. The molecule has 0 aromatic heterocycles. The minimum atomic E-state index is -0.138. The van der Waals surface area contributed by atoms with Crippen molar-refractivity contribution in [2.24, 2.45) is 11.8 Å². The van der Waals surface area contributed by atoms with Gasteiger partial charge in [-0.1, -0.05) is 13.8 Å². The van der Waals surface area contributed by atoms with Crippen molar-refractivity contribution in [2.75, 3.05) is 0 Å². The zero-order valence-electron chi connectivity index (χ0n) is 8.17. The number of carbonyl (C=O) groups is 1. The number of hydrogen-bond donors (Lipinski definition) is 0. The molecule has 0 aromatic carbocycles. The van der Waals surface area contributed by atoms with Gasteiger partial charge in [-0.15, -0.1) is 0 Å². The maximum atomic E-state index is 10.7. The largest absolute Gasteiger partial charge is 0.463 e. The van der Waals surface area contributed by atoms with Crippen LogP contribution in [0.15, 0.2) is 0 Å². The minimum Gasteiger partial charge on any atom is -0.463 e. The third kappa shape index (κ3) is 2.84. The average Bonchev–Trinajstić information content (AvgIpc) is 1.81.